The summed E-state index contributed by atoms with van der Waals surface area (Å²) in [7, 11) is 0. The number of benzene rings is 2. The summed E-state index contributed by atoms with van der Waals surface area (Å²) in [6.45, 7) is 0.320. The van der Waals surface area contributed by atoms with Crippen molar-refractivity contribution in [3.05, 3.63) is 67.4 Å². The van der Waals surface area contributed by atoms with Crippen LogP contribution in [0.15, 0.2) is 30.3 Å². The van der Waals surface area contributed by atoms with Crippen molar-refractivity contribution in [3.63, 3.8) is 0 Å². The van der Waals surface area contributed by atoms with Crippen molar-refractivity contribution in [1.29, 1.82) is 0 Å². The summed E-state index contributed by atoms with van der Waals surface area (Å²) < 4.78 is 14.3. The lowest BCUT2D eigenvalue weighted by atomic mass is 10.00. The molecule has 2 aromatic rings. The van der Waals surface area contributed by atoms with E-state index in [1.165, 1.54) is 17.0 Å². The highest BCUT2D eigenvalue weighted by Gasteiger charge is 2.28. The molecule has 1 amide bonds. The maximum absolute atomic E-state index is 14.3. The number of amides is 1. The Kier molecular flexibility index (Phi) is 4.43. The summed E-state index contributed by atoms with van der Waals surface area (Å²) >= 11 is 11.6. The van der Waals surface area contributed by atoms with Gasteiger partial charge in [0.15, 0.2) is 0 Å². The molecule has 0 saturated carbocycles. The molecule has 1 heterocycles. The van der Waals surface area contributed by atoms with Gasteiger partial charge in [-0.2, -0.15) is 0 Å². The Morgan fingerprint density at radius 2 is 2.00 bits per heavy atom. The molecule has 8 heteroatoms. The summed E-state index contributed by atoms with van der Waals surface area (Å²) in [6.07, 6.45) is 1.26. The van der Waals surface area contributed by atoms with Gasteiger partial charge in [0.1, 0.15) is 10.8 Å². The Bertz CT molecular complexity index is 857. The second kappa shape index (κ2) is 6.37. The molecule has 5 nitrogen and oxygen atoms in total. The van der Waals surface area contributed by atoms with Crippen LogP contribution in [-0.4, -0.2) is 17.4 Å². The van der Waals surface area contributed by atoms with E-state index in [0.29, 0.717) is 24.9 Å². The minimum atomic E-state index is -0.663. The number of nitrogens with zero attached hydrogens (tertiary/aromatic N) is 2. The first-order valence-corrected chi connectivity index (χ1v) is 7.88. The van der Waals surface area contributed by atoms with Gasteiger partial charge in [0, 0.05) is 23.2 Å². The zero-order valence-electron chi connectivity index (χ0n) is 12.3. The Balaban J connectivity index is 2.04. The molecule has 0 aromatic heterocycles. The zero-order valence-corrected chi connectivity index (χ0v) is 13.8. The maximum Gasteiger partial charge on any atom is 0.288 e. The first-order valence-electron chi connectivity index (χ1n) is 7.12. The average molecular weight is 369 g/mol. The molecule has 24 heavy (non-hydrogen) atoms. The van der Waals surface area contributed by atoms with E-state index in [0.717, 1.165) is 12.1 Å². The number of halogens is 3. The minimum Gasteiger partial charge on any atom is -0.305 e. The van der Waals surface area contributed by atoms with E-state index in [4.69, 9.17) is 23.2 Å². The topological polar surface area (TPSA) is 63.4 Å². The number of nitro groups is 1. The van der Waals surface area contributed by atoms with E-state index in [1.807, 2.05) is 0 Å². The largest absolute Gasteiger partial charge is 0.305 e. The Morgan fingerprint density at radius 1 is 1.25 bits per heavy atom. The van der Waals surface area contributed by atoms with Crippen LogP contribution in [0.5, 0.6) is 0 Å². The molecule has 2 aromatic carbocycles. The number of hydrogen-bond acceptors (Lipinski definition) is 3. The molecule has 124 valence electrons. The number of fused-ring (bicyclic) bond motifs is 1. The predicted octanol–water partition coefficient (Wildman–Crippen LogP) is 4.63. The van der Waals surface area contributed by atoms with Gasteiger partial charge in [0.25, 0.3) is 11.6 Å². The smallest absolute Gasteiger partial charge is 0.288 e. The molecule has 1 aliphatic heterocycles. The van der Waals surface area contributed by atoms with Crippen molar-refractivity contribution >= 4 is 40.5 Å². The van der Waals surface area contributed by atoms with Crippen molar-refractivity contribution in [1.82, 2.24) is 0 Å². The molecule has 0 N–H and O–H groups in total. The van der Waals surface area contributed by atoms with Gasteiger partial charge in [-0.1, -0.05) is 23.2 Å². The molecular formula is C16H11Cl2FN2O3. The molecule has 0 atom stereocenters. The number of rotatable bonds is 2. The number of nitro benzene ring substituents is 1. The Morgan fingerprint density at radius 3 is 2.71 bits per heavy atom. The van der Waals surface area contributed by atoms with Gasteiger partial charge >= 0.3 is 0 Å². The third-order valence-corrected chi connectivity index (χ3v) is 4.38. The fourth-order valence-electron chi connectivity index (χ4n) is 2.80. The van der Waals surface area contributed by atoms with E-state index < -0.39 is 16.6 Å². The molecule has 0 aliphatic carbocycles. The number of carbonyl (C=O) groups excluding carboxylic acids is 1. The van der Waals surface area contributed by atoms with Crippen LogP contribution in [0.3, 0.4) is 0 Å². The van der Waals surface area contributed by atoms with Crippen LogP contribution in [0.25, 0.3) is 0 Å². The molecular weight excluding hydrogens is 358 g/mol. The molecule has 0 unspecified atom stereocenters. The van der Waals surface area contributed by atoms with Crippen molar-refractivity contribution < 1.29 is 14.1 Å². The van der Waals surface area contributed by atoms with E-state index in [9.17, 15) is 19.3 Å². The first-order chi connectivity index (χ1) is 11.4. The number of hydrogen-bond donors (Lipinski definition) is 0. The molecule has 0 bridgehead atoms. The van der Waals surface area contributed by atoms with Crippen LogP contribution in [0.4, 0.5) is 15.8 Å². The first kappa shape index (κ1) is 16.7. The predicted molar refractivity (Wildman–Crippen MR) is 89.5 cm³/mol. The third kappa shape index (κ3) is 2.95. The molecule has 0 spiro atoms. The monoisotopic (exact) mass is 368 g/mol. The van der Waals surface area contributed by atoms with Crippen LogP contribution in [0.1, 0.15) is 22.3 Å². The van der Waals surface area contributed by atoms with Crippen LogP contribution < -0.4 is 4.90 Å². The molecule has 0 fully saturated rings. The normalized spacial score (nSPS) is 13.5. The van der Waals surface area contributed by atoms with E-state index >= 15 is 0 Å². The van der Waals surface area contributed by atoms with Gasteiger partial charge in [0.05, 0.1) is 10.6 Å². The number of anilines is 1. The third-order valence-electron chi connectivity index (χ3n) is 3.84. The van der Waals surface area contributed by atoms with Gasteiger partial charge in [-0.05, 0) is 42.7 Å². The highest BCUT2D eigenvalue weighted by Crippen LogP contribution is 2.34. The Labute approximate surface area is 146 Å². The standard InChI is InChI=1S/C16H11Cl2FN2O3/c17-11-6-9-2-1-5-20(15(9)13(19)8-11)16(22)10-3-4-12(18)14(7-10)21(23)24/h3-4,6-8H,1-2,5H2. The fourth-order valence-corrected chi connectivity index (χ4v) is 3.21. The van der Waals surface area contributed by atoms with Crippen molar-refractivity contribution in [3.8, 4) is 0 Å². The van der Waals surface area contributed by atoms with Crippen molar-refractivity contribution in [2.75, 3.05) is 11.4 Å². The SMILES string of the molecule is O=C(c1ccc(Cl)c([N+](=O)[O-])c1)N1CCCc2cc(Cl)cc(F)c21. The van der Waals surface area contributed by atoms with Gasteiger partial charge < -0.3 is 4.90 Å². The molecule has 1 aliphatic rings. The number of aryl methyl sites for hydroxylation is 1. The molecule has 0 radical (unpaired) electrons. The lowest BCUT2D eigenvalue weighted by Gasteiger charge is -2.30. The zero-order chi connectivity index (χ0) is 17.4. The molecule has 3 rings (SSSR count). The van der Waals surface area contributed by atoms with Crippen molar-refractivity contribution in [2.45, 2.75) is 12.8 Å². The molecule has 0 saturated heterocycles. The fraction of sp³-hybridized carbons (Fsp3) is 0.188. The van der Waals surface area contributed by atoms with Gasteiger partial charge in [-0.15, -0.1) is 0 Å². The second-order valence-electron chi connectivity index (χ2n) is 5.38. The van der Waals surface area contributed by atoms with Gasteiger partial charge in [-0.3, -0.25) is 14.9 Å². The van der Waals surface area contributed by atoms with Crippen LogP contribution in [0.2, 0.25) is 10.0 Å². The van der Waals surface area contributed by atoms with E-state index in [1.54, 1.807) is 6.07 Å². The number of carbonyl (C=O) groups is 1. The van der Waals surface area contributed by atoms with Crippen molar-refractivity contribution in [2.24, 2.45) is 0 Å². The summed E-state index contributed by atoms with van der Waals surface area (Å²) in [5, 5.41) is 11.2. The summed E-state index contributed by atoms with van der Waals surface area (Å²) in [5.41, 5.74) is 0.529. The maximum atomic E-state index is 14.3. The summed E-state index contributed by atoms with van der Waals surface area (Å²) in [4.78, 5) is 24.4. The summed E-state index contributed by atoms with van der Waals surface area (Å²) in [6, 6.07) is 6.56. The average Bonchev–Trinajstić information content (AvgIpc) is 2.53. The Hall–Kier alpha value is -2.18. The van der Waals surface area contributed by atoms with E-state index in [-0.39, 0.29) is 27.0 Å². The van der Waals surface area contributed by atoms with E-state index in [2.05, 4.69) is 0 Å². The lowest BCUT2D eigenvalue weighted by molar-refractivity contribution is -0.384. The summed E-state index contributed by atoms with van der Waals surface area (Å²) in [5.74, 6) is -1.11. The highest BCUT2D eigenvalue weighted by molar-refractivity contribution is 6.33. The minimum absolute atomic E-state index is 0.0615. The van der Waals surface area contributed by atoms with Gasteiger partial charge in [-0.25, -0.2) is 4.39 Å². The van der Waals surface area contributed by atoms with Crippen LogP contribution >= 0.6 is 23.2 Å². The lowest BCUT2D eigenvalue weighted by Crippen LogP contribution is -2.36. The second-order valence-corrected chi connectivity index (χ2v) is 6.22. The van der Waals surface area contributed by atoms with Gasteiger partial charge in [0.2, 0.25) is 0 Å². The quantitative estimate of drug-likeness (QED) is 0.573. The van der Waals surface area contributed by atoms with Crippen LogP contribution in [-0.2, 0) is 6.42 Å². The van der Waals surface area contributed by atoms with Crippen LogP contribution in [0, 0.1) is 15.9 Å². The highest BCUT2D eigenvalue weighted by atomic mass is 35.5.